The van der Waals surface area contributed by atoms with Crippen LogP contribution in [-0.4, -0.2) is 65.5 Å². The summed E-state index contributed by atoms with van der Waals surface area (Å²) in [4.78, 5) is 18.6. The molecular formula is C15H26N4O. The van der Waals surface area contributed by atoms with Gasteiger partial charge < -0.3 is 9.80 Å². The maximum absolute atomic E-state index is 12.5. The SMILES string of the molecule is CC(C)(C#N)N1CCN(C(=O)N2CCCCCC2)CC1. The predicted molar refractivity (Wildman–Crippen MR) is 78.3 cm³/mol. The molecular weight excluding hydrogens is 252 g/mol. The number of piperazine rings is 1. The van der Waals surface area contributed by atoms with Gasteiger partial charge >= 0.3 is 6.03 Å². The maximum Gasteiger partial charge on any atom is 0.320 e. The lowest BCUT2D eigenvalue weighted by atomic mass is 10.0. The van der Waals surface area contributed by atoms with E-state index in [1.807, 2.05) is 23.6 Å². The van der Waals surface area contributed by atoms with Crippen LogP contribution in [0, 0.1) is 11.3 Å². The lowest BCUT2D eigenvalue weighted by Gasteiger charge is -2.41. The highest BCUT2D eigenvalue weighted by Gasteiger charge is 2.32. The zero-order valence-corrected chi connectivity index (χ0v) is 12.8. The number of amides is 2. The second-order valence-electron chi connectivity index (χ2n) is 6.33. The number of likely N-dealkylation sites (tertiary alicyclic amines) is 1. The first-order valence-corrected chi connectivity index (χ1v) is 7.75. The molecule has 2 amide bonds. The molecule has 2 rings (SSSR count). The van der Waals surface area contributed by atoms with Crippen LogP contribution in [0.1, 0.15) is 39.5 Å². The number of rotatable bonds is 1. The summed E-state index contributed by atoms with van der Waals surface area (Å²) >= 11 is 0. The molecule has 2 saturated heterocycles. The fourth-order valence-electron chi connectivity index (χ4n) is 2.99. The molecule has 2 aliphatic rings. The minimum Gasteiger partial charge on any atom is -0.325 e. The van der Waals surface area contributed by atoms with E-state index >= 15 is 0 Å². The molecule has 0 unspecified atom stereocenters. The number of hydrogen-bond donors (Lipinski definition) is 0. The average molecular weight is 278 g/mol. The highest BCUT2D eigenvalue weighted by atomic mass is 16.2. The Morgan fingerprint density at radius 3 is 1.90 bits per heavy atom. The molecule has 0 spiro atoms. The Balaban J connectivity index is 1.87. The normalized spacial score (nSPS) is 22.2. The third kappa shape index (κ3) is 3.43. The summed E-state index contributed by atoms with van der Waals surface area (Å²) in [6, 6.07) is 2.53. The van der Waals surface area contributed by atoms with Gasteiger partial charge in [0.1, 0.15) is 5.54 Å². The molecule has 0 aromatic rings. The van der Waals surface area contributed by atoms with Crippen LogP contribution in [0.15, 0.2) is 0 Å². The minimum absolute atomic E-state index is 0.196. The molecule has 112 valence electrons. The van der Waals surface area contributed by atoms with Gasteiger partial charge in [0.2, 0.25) is 0 Å². The molecule has 0 aromatic carbocycles. The molecule has 2 aliphatic heterocycles. The van der Waals surface area contributed by atoms with Crippen LogP contribution in [0.2, 0.25) is 0 Å². The Morgan fingerprint density at radius 2 is 1.40 bits per heavy atom. The van der Waals surface area contributed by atoms with Crippen LogP contribution in [0.4, 0.5) is 4.79 Å². The zero-order valence-electron chi connectivity index (χ0n) is 12.8. The third-order valence-electron chi connectivity index (χ3n) is 4.49. The van der Waals surface area contributed by atoms with Gasteiger partial charge in [-0.1, -0.05) is 12.8 Å². The largest absolute Gasteiger partial charge is 0.325 e. The van der Waals surface area contributed by atoms with Gasteiger partial charge in [0.05, 0.1) is 6.07 Å². The van der Waals surface area contributed by atoms with E-state index in [0.717, 1.165) is 52.1 Å². The van der Waals surface area contributed by atoms with E-state index in [1.165, 1.54) is 12.8 Å². The highest BCUT2D eigenvalue weighted by Crippen LogP contribution is 2.18. The standard InChI is InChI=1S/C15H26N4O/c1-15(2,13-16)19-11-9-18(10-12-19)14(20)17-7-5-3-4-6-8-17/h3-12H2,1-2H3. The summed E-state index contributed by atoms with van der Waals surface area (Å²) in [7, 11) is 0. The molecule has 0 N–H and O–H groups in total. The molecule has 0 radical (unpaired) electrons. The van der Waals surface area contributed by atoms with Gasteiger partial charge in [-0.05, 0) is 26.7 Å². The smallest absolute Gasteiger partial charge is 0.320 e. The maximum atomic E-state index is 12.5. The molecule has 0 aliphatic carbocycles. The summed E-state index contributed by atoms with van der Waals surface area (Å²) in [6.45, 7) is 8.76. The molecule has 0 saturated carbocycles. The molecule has 0 atom stereocenters. The number of carbonyl (C=O) groups excluding carboxylic acids is 1. The molecule has 0 aromatic heterocycles. The molecule has 2 heterocycles. The van der Waals surface area contributed by atoms with E-state index in [9.17, 15) is 10.1 Å². The topological polar surface area (TPSA) is 50.6 Å². The fourth-order valence-corrected chi connectivity index (χ4v) is 2.99. The Bertz CT molecular complexity index is 372. The van der Waals surface area contributed by atoms with E-state index in [4.69, 9.17) is 0 Å². The van der Waals surface area contributed by atoms with Crippen LogP contribution in [-0.2, 0) is 0 Å². The van der Waals surface area contributed by atoms with E-state index in [-0.39, 0.29) is 6.03 Å². The minimum atomic E-state index is -0.433. The first-order valence-electron chi connectivity index (χ1n) is 7.75. The van der Waals surface area contributed by atoms with Gasteiger partial charge in [0.15, 0.2) is 0 Å². The third-order valence-corrected chi connectivity index (χ3v) is 4.49. The number of carbonyl (C=O) groups is 1. The van der Waals surface area contributed by atoms with Gasteiger partial charge in [0, 0.05) is 39.3 Å². The fraction of sp³-hybridized carbons (Fsp3) is 0.867. The molecule has 20 heavy (non-hydrogen) atoms. The second kappa shape index (κ2) is 6.45. The zero-order chi connectivity index (χ0) is 14.6. The van der Waals surface area contributed by atoms with E-state index < -0.39 is 5.54 Å². The summed E-state index contributed by atoms with van der Waals surface area (Å²) in [5, 5.41) is 9.18. The van der Waals surface area contributed by atoms with Gasteiger partial charge in [-0.25, -0.2) is 4.79 Å². The summed E-state index contributed by atoms with van der Waals surface area (Å²) < 4.78 is 0. The van der Waals surface area contributed by atoms with Crippen molar-refractivity contribution in [2.75, 3.05) is 39.3 Å². The number of nitriles is 1. The van der Waals surface area contributed by atoms with Crippen LogP contribution in [0.3, 0.4) is 0 Å². The molecule has 0 bridgehead atoms. The molecule has 5 heteroatoms. The van der Waals surface area contributed by atoms with E-state index in [1.54, 1.807) is 0 Å². The van der Waals surface area contributed by atoms with Crippen molar-refractivity contribution in [3.05, 3.63) is 0 Å². The summed E-state index contributed by atoms with van der Waals surface area (Å²) in [5.74, 6) is 0. The number of urea groups is 1. The van der Waals surface area contributed by atoms with Crippen molar-refractivity contribution >= 4 is 6.03 Å². The lowest BCUT2D eigenvalue weighted by Crippen LogP contribution is -2.57. The van der Waals surface area contributed by atoms with E-state index in [2.05, 4.69) is 11.0 Å². The van der Waals surface area contributed by atoms with Gasteiger partial charge in [0.25, 0.3) is 0 Å². The van der Waals surface area contributed by atoms with Gasteiger partial charge in [-0.2, -0.15) is 5.26 Å². The summed E-state index contributed by atoms with van der Waals surface area (Å²) in [6.07, 6.45) is 4.75. The van der Waals surface area contributed by atoms with Crippen LogP contribution >= 0.6 is 0 Å². The Kier molecular flexibility index (Phi) is 4.87. The predicted octanol–water partition coefficient (Wildman–Crippen LogP) is 1.90. The number of hydrogen-bond acceptors (Lipinski definition) is 3. The van der Waals surface area contributed by atoms with Crippen LogP contribution in [0.25, 0.3) is 0 Å². The quantitative estimate of drug-likeness (QED) is 0.736. The number of nitrogens with zero attached hydrogens (tertiary/aromatic N) is 4. The first kappa shape index (κ1) is 15.1. The Labute approximate surface area is 122 Å². The van der Waals surface area contributed by atoms with Crippen molar-refractivity contribution in [1.29, 1.82) is 5.26 Å². The van der Waals surface area contributed by atoms with Crippen LogP contribution in [0.5, 0.6) is 0 Å². The van der Waals surface area contributed by atoms with E-state index in [0.29, 0.717) is 0 Å². The van der Waals surface area contributed by atoms with Crippen molar-refractivity contribution < 1.29 is 4.79 Å². The first-order chi connectivity index (χ1) is 9.54. The van der Waals surface area contributed by atoms with Gasteiger partial charge in [-0.3, -0.25) is 4.90 Å². The van der Waals surface area contributed by atoms with Gasteiger partial charge in [-0.15, -0.1) is 0 Å². The Hall–Kier alpha value is -1.28. The summed E-state index contributed by atoms with van der Waals surface area (Å²) in [5.41, 5.74) is -0.433. The monoisotopic (exact) mass is 278 g/mol. The average Bonchev–Trinajstić information content (AvgIpc) is 2.75. The van der Waals surface area contributed by atoms with Crippen molar-refractivity contribution in [3.63, 3.8) is 0 Å². The van der Waals surface area contributed by atoms with Crippen molar-refractivity contribution in [3.8, 4) is 6.07 Å². The molecule has 5 nitrogen and oxygen atoms in total. The Morgan fingerprint density at radius 1 is 0.900 bits per heavy atom. The van der Waals surface area contributed by atoms with Crippen LogP contribution < -0.4 is 0 Å². The van der Waals surface area contributed by atoms with Crippen molar-refractivity contribution in [2.24, 2.45) is 0 Å². The molecule has 2 fully saturated rings. The highest BCUT2D eigenvalue weighted by molar-refractivity contribution is 5.74. The van der Waals surface area contributed by atoms with Crippen molar-refractivity contribution in [1.82, 2.24) is 14.7 Å². The lowest BCUT2D eigenvalue weighted by molar-refractivity contribution is 0.0791. The second-order valence-corrected chi connectivity index (χ2v) is 6.33. The van der Waals surface area contributed by atoms with Crippen molar-refractivity contribution in [2.45, 2.75) is 45.1 Å².